The molecule has 4 heterocycles. The number of amidine groups is 1. The summed E-state index contributed by atoms with van der Waals surface area (Å²) in [6.45, 7) is 4.11. The second-order valence-electron chi connectivity index (χ2n) is 10.4. The molecule has 1 unspecified atom stereocenters. The Morgan fingerprint density at radius 3 is 2.50 bits per heavy atom. The Hall–Kier alpha value is -4.01. The molecule has 42 heavy (non-hydrogen) atoms. The minimum atomic E-state index is -4.50. The Morgan fingerprint density at radius 2 is 1.76 bits per heavy atom. The maximum absolute atomic E-state index is 13.9. The van der Waals surface area contributed by atoms with Crippen LogP contribution >= 0.6 is 11.3 Å². The monoisotopic (exact) mass is 599 g/mol. The summed E-state index contributed by atoms with van der Waals surface area (Å²) < 4.78 is 53.2. The second-order valence-corrected chi connectivity index (χ2v) is 11.4. The number of aromatic nitrogens is 1. The van der Waals surface area contributed by atoms with Crippen molar-refractivity contribution in [3.05, 3.63) is 76.4 Å². The molecule has 2 atom stereocenters. The molecule has 0 bridgehead atoms. The number of alkyl halides is 3. The minimum absolute atomic E-state index is 0.0418. The molecule has 2 saturated heterocycles. The molecule has 2 aromatic carbocycles. The molecule has 3 aliphatic rings. The molecule has 1 aromatic heterocycles. The number of anilines is 2. The number of rotatable bonds is 5. The fourth-order valence-corrected chi connectivity index (χ4v) is 5.90. The second kappa shape index (κ2) is 11.0. The Kier molecular flexibility index (Phi) is 7.37. The van der Waals surface area contributed by atoms with Crippen LogP contribution in [0.5, 0.6) is 0 Å². The number of hydrogen-bond donors (Lipinski definition) is 3. The molecule has 0 radical (unpaired) electrons. The first-order valence-corrected chi connectivity index (χ1v) is 14.1. The fraction of sp³-hybridized carbons (Fsp3) is 0.357. The number of aliphatic imine (C=N–C) groups is 2. The van der Waals surface area contributed by atoms with Crippen molar-refractivity contribution in [1.82, 2.24) is 15.8 Å². The van der Waals surface area contributed by atoms with Crippen molar-refractivity contribution in [2.45, 2.75) is 37.8 Å². The highest BCUT2D eigenvalue weighted by Crippen LogP contribution is 2.46. The minimum Gasteiger partial charge on any atom is -0.437 e. The van der Waals surface area contributed by atoms with Gasteiger partial charge in [0.15, 0.2) is 0 Å². The van der Waals surface area contributed by atoms with Crippen molar-refractivity contribution in [3.63, 3.8) is 0 Å². The summed E-state index contributed by atoms with van der Waals surface area (Å²) in [6, 6.07) is 16.7. The van der Waals surface area contributed by atoms with E-state index in [-0.39, 0.29) is 16.7 Å². The number of para-hydroxylation sites is 1. The first kappa shape index (κ1) is 28.1. The summed E-state index contributed by atoms with van der Waals surface area (Å²) in [4.78, 5) is 28.7. The third kappa shape index (κ3) is 5.32. The summed E-state index contributed by atoms with van der Waals surface area (Å²) >= 11 is 0.983. The molecule has 3 N–H and O–H groups in total. The van der Waals surface area contributed by atoms with Crippen LogP contribution in [0.2, 0.25) is 0 Å². The van der Waals surface area contributed by atoms with Gasteiger partial charge in [0.1, 0.15) is 21.1 Å². The van der Waals surface area contributed by atoms with Gasteiger partial charge in [0.05, 0.1) is 24.6 Å². The number of nitrogens with one attached hydrogen (secondary N) is 3. The topological polar surface area (TPSA) is 112 Å². The van der Waals surface area contributed by atoms with E-state index < -0.39 is 29.9 Å². The number of nitrogens with zero attached hydrogens (tertiary/aromatic N) is 4. The van der Waals surface area contributed by atoms with Gasteiger partial charge in [-0.15, -0.1) is 11.3 Å². The highest BCUT2D eigenvalue weighted by Gasteiger charge is 2.51. The van der Waals surface area contributed by atoms with Gasteiger partial charge in [-0.1, -0.05) is 48.5 Å². The number of ether oxygens (including phenoxy) is 2. The van der Waals surface area contributed by atoms with E-state index in [0.717, 1.165) is 36.3 Å². The Bertz CT molecular complexity index is 1530. The number of carbonyl (C=O) groups is 1. The van der Waals surface area contributed by atoms with Crippen LogP contribution in [0, 0.1) is 0 Å². The first-order chi connectivity index (χ1) is 20.1. The van der Waals surface area contributed by atoms with Crippen LogP contribution in [0.3, 0.4) is 0 Å². The van der Waals surface area contributed by atoms with E-state index in [1.165, 1.54) is 0 Å². The van der Waals surface area contributed by atoms with Gasteiger partial charge < -0.3 is 19.7 Å². The van der Waals surface area contributed by atoms with Gasteiger partial charge in [0.25, 0.3) is 5.91 Å². The maximum atomic E-state index is 13.9. The first-order valence-electron chi connectivity index (χ1n) is 13.3. The Morgan fingerprint density at radius 1 is 1.05 bits per heavy atom. The quantitative estimate of drug-likeness (QED) is 0.405. The zero-order valence-corrected chi connectivity index (χ0v) is 23.6. The van der Waals surface area contributed by atoms with Crippen molar-refractivity contribution in [2.24, 2.45) is 9.98 Å². The van der Waals surface area contributed by atoms with Gasteiger partial charge in [0, 0.05) is 24.2 Å². The van der Waals surface area contributed by atoms with Crippen LogP contribution in [0.1, 0.15) is 41.9 Å². The number of benzodiazepines with no additional fused rings is 1. The highest BCUT2D eigenvalue weighted by atomic mass is 32.1. The average molecular weight is 600 g/mol. The lowest BCUT2D eigenvalue weighted by molar-refractivity contribution is -0.180. The largest absolute Gasteiger partial charge is 0.437 e. The zero-order chi connectivity index (χ0) is 29.5. The predicted molar refractivity (Wildman–Crippen MR) is 153 cm³/mol. The fourth-order valence-electron chi connectivity index (χ4n) is 4.63. The smallest absolute Gasteiger partial charge is 0.400 e. The summed E-state index contributed by atoms with van der Waals surface area (Å²) in [5.74, 6) is -0.466. The van der Waals surface area contributed by atoms with Gasteiger partial charge >= 0.3 is 12.2 Å². The number of halogens is 3. The molecular weight excluding hydrogens is 571 g/mol. The number of thiazole rings is 1. The average Bonchev–Trinajstić information content (AvgIpc) is 3.61. The van der Waals surface area contributed by atoms with E-state index >= 15 is 0 Å². The molecule has 6 rings (SSSR count). The SMILES string of the molecule is CC(C)(c1nc(C2NNC(=N[C@H]3N=C(c4ccccc4)c4ccccc4NC3=O)O2)c(N2CCOCC2)s1)C(F)(F)F. The van der Waals surface area contributed by atoms with E-state index in [9.17, 15) is 18.0 Å². The van der Waals surface area contributed by atoms with Crippen LogP contribution in [0.4, 0.5) is 23.9 Å². The number of carbonyl (C=O) groups excluding carboxylic acids is 1. The lowest BCUT2D eigenvalue weighted by atomic mass is 9.94. The predicted octanol–water partition coefficient (Wildman–Crippen LogP) is 4.11. The summed E-state index contributed by atoms with van der Waals surface area (Å²) in [5, 5.41) is 3.35. The molecule has 0 spiro atoms. The molecule has 3 aliphatic heterocycles. The van der Waals surface area contributed by atoms with Gasteiger partial charge in [-0.2, -0.15) is 23.6 Å². The number of hydrazine groups is 1. The van der Waals surface area contributed by atoms with Gasteiger partial charge in [-0.25, -0.2) is 9.98 Å². The van der Waals surface area contributed by atoms with Crippen molar-refractivity contribution < 1.29 is 27.4 Å². The van der Waals surface area contributed by atoms with E-state index in [1.807, 2.05) is 53.4 Å². The Labute approximate surface area is 243 Å². The summed E-state index contributed by atoms with van der Waals surface area (Å²) in [6.07, 6.45) is -6.67. The van der Waals surface area contributed by atoms with Crippen LogP contribution < -0.4 is 21.1 Å². The molecule has 0 aliphatic carbocycles. The van der Waals surface area contributed by atoms with Crippen molar-refractivity contribution in [2.75, 3.05) is 36.5 Å². The maximum Gasteiger partial charge on any atom is 0.400 e. The molecule has 0 saturated carbocycles. The lowest BCUT2D eigenvalue weighted by Crippen LogP contribution is -2.37. The lowest BCUT2D eigenvalue weighted by Gasteiger charge is -2.28. The molecule has 220 valence electrons. The van der Waals surface area contributed by atoms with E-state index in [1.54, 1.807) is 6.07 Å². The molecule has 1 amide bonds. The number of fused-ring (bicyclic) bond motifs is 1. The van der Waals surface area contributed by atoms with Crippen LogP contribution in [-0.2, 0) is 19.7 Å². The van der Waals surface area contributed by atoms with E-state index in [0.29, 0.717) is 42.7 Å². The number of amides is 1. The third-order valence-corrected chi connectivity index (χ3v) is 8.63. The molecule has 10 nitrogen and oxygen atoms in total. The van der Waals surface area contributed by atoms with Crippen LogP contribution in [0.25, 0.3) is 0 Å². The standard InChI is InChI=1S/C28H28F3N7O3S/c1-27(2,28(29,30)31)25-34-20(24(42-25)38-12-14-40-15-13-38)23-36-37-26(41-23)35-21-22(39)32-18-11-7-6-10-17(18)19(33-21)16-8-4-3-5-9-16/h3-11,21,23,36H,12-15H2,1-2H3,(H,32,39)(H,35,37)/t21-,23?/m1/s1. The van der Waals surface area contributed by atoms with E-state index in [4.69, 9.17) is 14.5 Å². The number of benzene rings is 2. The van der Waals surface area contributed by atoms with Crippen LogP contribution in [-0.4, -0.2) is 61.3 Å². The zero-order valence-electron chi connectivity index (χ0n) is 22.7. The van der Waals surface area contributed by atoms with Gasteiger partial charge in [-0.05, 0) is 19.9 Å². The van der Waals surface area contributed by atoms with Crippen molar-refractivity contribution in [1.29, 1.82) is 0 Å². The van der Waals surface area contributed by atoms with Crippen molar-refractivity contribution >= 4 is 39.7 Å². The highest BCUT2D eigenvalue weighted by molar-refractivity contribution is 7.16. The molecule has 14 heteroatoms. The molecule has 2 fully saturated rings. The van der Waals surface area contributed by atoms with Gasteiger partial charge in [-0.3, -0.25) is 10.2 Å². The third-order valence-electron chi connectivity index (χ3n) is 7.18. The van der Waals surface area contributed by atoms with Crippen molar-refractivity contribution in [3.8, 4) is 0 Å². The number of hydrogen-bond acceptors (Lipinski definition) is 9. The number of morpholine rings is 1. The van der Waals surface area contributed by atoms with E-state index in [2.05, 4.69) is 26.1 Å². The summed E-state index contributed by atoms with van der Waals surface area (Å²) in [7, 11) is 0. The summed E-state index contributed by atoms with van der Waals surface area (Å²) in [5.41, 5.74) is 6.56. The molecule has 3 aromatic rings. The Balaban J connectivity index is 1.32. The normalized spacial score (nSPS) is 22.1. The van der Waals surface area contributed by atoms with Crippen LogP contribution in [0.15, 0.2) is 64.6 Å². The van der Waals surface area contributed by atoms with Gasteiger partial charge in [0.2, 0.25) is 12.4 Å². The molecular formula is C28H28F3N7O3S.